The van der Waals surface area contributed by atoms with E-state index in [4.69, 9.17) is 27.8 Å². The zero-order chi connectivity index (χ0) is 22.5. The van der Waals surface area contributed by atoms with Gasteiger partial charge in [-0.2, -0.15) is 0 Å². The maximum Gasteiger partial charge on any atom is 0.230 e. The molecule has 3 aromatic heterocycles. The molecule has 1 aliphatic rings. The number of primary amides is 1. The number of carbonyl (C=O) groups is 1. The van der Waals surface area contributed by atoms with Crippen molar-refractivity contribution in [2.75, 3.05) is 12.8 Å². The van der Waals surface area contributed by atoms with Crippen molar-refractivity contribution in [3.63, 3.8) is 0 Å². The molecule has 0 radical (unpaired) electrons. The number of nitrogen functional groups attached to an aromatic ring is 1. The highest BCUT2D eigenvalue weighted by atomic mass is 35.5. The minimum absolute atomic E-state index is 0.177. The van der Waals surface area contributed by atoms with E-state index in [1.54, 1.807) is 19.5 Å². The molecular weight excluding hydrogens is 428 g/mol. The Kier molecular flexibility index (Phi) is 4.74. The first-order chi connectivity index (χ1) is 15.4. The number of ether oxygens (including phenoxy) is 1. The van der Waals surface area contributed by atoms with Gasteiger partial charge in [-0.15, -0.1) is 0 Å². The lowest BCUT2D eigenvalue weighted by Crippen LogP contribution is -2.30. The molecule has 32 heavy (non-hydrogen) atoms. The summed E-state index contributed by atoms with van der Waals surface area (Å²) < 4.78 is 7.14. The molecule has 8 nitrogen and oxygen atoms in total. The number of benzene rings is 1. The fourth-order valence-electron chi connectivity index (χ4n) is 4.23. The molecule has 0 bridgehead atoms. The molecule has 2 unspecified atom stereocenters. The quantitative estimate of drug-likeness (QED) is 0.437. The van der Waals surface area contributed by atoms with E-state index >= 15 is 0 Å². The summed E-state index contributed by atoms with van der Waals surface area (Å²) in [5.41, 5.74) is 15.1. The first-order valence-corrected chi connectivity index (χ1v) is 10.5. The molecule has 1 fully saturated rings. The summed E-state index contributed by atoms with van der Waals surface area (Å²) in [7, 11) is 1.64. The van der Waals surface area contributed by atoms with Gasteiger partial charge >= 0.3 is 0 Å². The molecule has 2 atom stereocenters. The molecule has 1 saturated carbocycles. The van der Waals surface area contributed by atoms with E-state index in [1.165, 1.54) is 0 Å². The van der Waals surface area contributed by atoms with Gasteiger partial charge in [-0.05, 0) is 36.2 Å². The molecule has 5 rings (SSSR count). The van der Waals surface area contributed by atoms with Gasteiger partial charge in [0.2, 0.25) is 5.91 Å². The molecule has 162 valence electrons. The van der Waals surface area contributed by atoms with Gasteiger partial charge in [0.1, 0.15) is 21.8 Å². The van der Waals surface area contributed by atoms with Crippen LogP contribution in [0.2, 0.25) is 5.15 Å². The highest BCUT2D eigenvalue weighted by Gasteiger charge is 2.63. The van der Waals surface area contributed by atoms with Crippen molar-refractivity contribution in [3.8, 4) is 5.75 Å². The summed E-state index contributed by atoms with van der Waals surface area (Å²) in [5, 5.41) is 0.310. The molecule has 9 heteroatoms. The lowest BCUT2D eigenvalue weighted by molar-refractivity contribution is -0.120. The number of carbonyl (C=O) groups excluding carboxylic acids is 1. The second-order valence-corrected chi connectivity index (χ2v) is 8.40. The van der Waals surface area contributed by atoms with Crippen molar-refractivity contribution >= 4 is 34.2 Å². The molecule has 1 aliphatic carbocycles. The molecule has 1 amide bonds. The Balaban J connectivity index is 1.43. The number of imidazole rings is 1. The van der Waals surface area contributed by atoms with Crippen molar-refractivity contribution in [1.82, 2.24) is 19.5 Å². The van der Waals surface area contributed by atoms with E-state index in [0.717, 1.165) is 17.0 Å². The summed E-state index contributed by atoms with van der Waals surface area (Å²) in [6.45, 7) is 0.619. The Morgan fingerprint density at radius 1 is 1.25 bits per heavy atom. The molecular formula is C23H21ClN6O2. The number of halogens is 1. The van der Waals surface area contributed by atoms with Crippen molar-refractivity contribution in [1.29, 1.82) is 0 Å². The van der Waals surface area contributed by atoms with Gasteiger partial charge in [-0.1, -0.05) is 23.7 Å². The van der Waals surface area contributed by atoms with Gasteiger partial charge in [0, 0.05) is 30.4 Å². The molecule has 0 aliphatic heterocycles. The summed E-state index contributed by atoms with van der Waals surface area (Å²) >= 11 is 5.98. The van der Waals surface area contributed by atoms with E-state index in [2.05, 4.69) is 15.0 Å². The van der Waals surface area contributed by atoms with Gasteiger partial charge in [0.05, 0.1) is 30.3 Å². The highest BCUT2D eigenvalue weighted by Crippen LogP contribution is 2.59. The number of nitrogens with two attached hydrogens (primary N) is 2. The number of fused-ring (bicyclic) bond motifs is 1. The first-order valence-electron chi connectivity index (χ1n) is 10.1. The van der Waals surface area contributed by atoms with Gasteiger partial charge in [0.15, 0.2) is 0 Å². The topological polar surface area (TPSA) is 122 Å². The van der Waals surface area contributed by atoms with Gasteiger partial charge in [-0.3, -0.25) is 4.79 Å². The Hall–Kier alpha value is -3.65. The van der Waals surface area contributed by atoms with Crippen LogP contribution in [-0.2, 0) is 16.8 Å². The molecule has 4 N–H and O–H groups in total. The van der Waals surface area contributed by atoms with Crippen molar-refractivity contribution in [2.45, 2.75) is 24.3 Å². The van der Waals surface area contributed by atoms with Crippen molar-refractivity contribution < 1.29 is 9.53 Å². The summed E-state index contributed by atoms with van der Waals surface area (Å²) in [5.74, 6) is 0.208. The Morgan fingerprint density at radius 3 is 2.75 bits per heavy atom. The number of aromatic nitrogens is 4. The van der Waals surface area contributed by atoms with Crippen LogP contribution in [-0.4, -0.2) is 32.5 Å². The third kappa shape index (κ3) is 3.33. The summed E-state index contributed by atoms with van der Waals surface area (Å²) in [6.07, 6.45) is 4.14. The largest absolute Gasteiger partial charge is 0.497 e. The third-order valence-electron chi connectivity index (χ3n) is 6.04. The van der Waals surface area contributed by atoms with Crippen molar-refractivity contribution in [3.05, 3.63) is 77.1 Å². The normalized spacial score (nSPS) is 19.8. The Morgan fingerprint density at radius 2 is 2.03 bits per heavy atom. The zero-order valence-corrected chi connectivity index (χ0v) is 18.1. The maximum atomic E-state index is 12.6. The van der Waals surface area contributed by atoms with Crippen LogP contribution in [0, 0.1) is 0 Å². The number of anilines is 1. The maximum absolute atomic E-state index is 12.6. The van der Waals surface area contributed by atoms with Crippen molar-refractivity contribution in [2.24, 2.45) is 5.73 Å². The highest BCUT2D eigenvalue weighted by molar-refractivity contribution is 6.30. The number of amides is 1. The number of hydrogen-bond acceptors (Lipinski definition) is 6. The fraction of sp³-hybridized carbons (Fsp3) is 0.217. The minimum atomic E-state index is -0.888. The average Bonchev–Trinajstić information content (AvgIpc) is 3.38. The van der Waals surface area contributed by atoms with Crippen LogP contribution in [0.4, 0.5) is 5.69 Å². The first kappa shape index (κ1) is 20.3. The zero-order valence-electron chi connectivity index (χ0n) is 17.3. The van der Waals surface area contributed by atoms with Gasteiger partial charge in [0.25, 0.3) is 0 Å². The molecule has 3 heterocycles. The number of rotatable bonds is 6. The van der Waals surface area contributed by atoms with E-state index in [1.807, 2.05) is 47.2 Å². The van der Waals surface area contributed by atoms with E-state index < -0.39 is 11.3 Å². The molecule has 0 saturated heterocycles. The molecule has 0 spiro atoms. The lowest BCUT2D eigenvalue weighted by Gasteiger charge is -2.11. The van der Waals surface area contributed by atoms with Crippen LogP contribution in [0.5, 0.6) is 5.75 Å². The van der Waals surface area contributed by atoms with Crippen LogP contribution in [0.1, 0.15) is 29.3 Å². The monoisotopic (exact) mass is 448 g/mol. The number of hydrogen-bond donors (Lipinski definition) is 2. The van der Waals surface area contributed by atoms with Crippen LogP contribution >= 0.6 is 11.6 Å². The SMILES string of the molecule is COc1ccc(Cn2cnc(C3(C(N)=O)CC3c3ccc4nc(Cl)cc(N)c4n3)c2)cc1. The predicted octanol–water partition coefficient (Wildman–Crippen LogP) is 3.03. The van der Waals surface area contributed by atoms with Gasteiger partial charge in [-0.25, -0.2) is 15.0 Å². The van der Waals surface area contributed by atoms with E-state index in [9.17, 15) is 4.79 Å². The number of nitrogens with zero attached hydrogens (tertiary/aromatic N) is 4. The number of pyridine rings is 2. The second-order valence-electron chi connectivity index (χ2n) is 8.01. The fourth-order valence-corrected chi connectivity index (χ4v) is 4.44. The minimum Gasteiger partial charge on any atom is -0.497 e. The lowest BCUT2D eigenvalue weighted by atomic mass is 9.97. The van der Waals surface area contributed by atoms with Crippen LogP contribution in [0.3, 0.4) is 0 Å². The average molecular weight is 449 g/mol. The second kappa shape index (κ2) is 7.49. The predicted molar refractivity (Wildman–Crippen MR) is 122 cm³/mol. The third-order valence-corrected chi connectivity index (χ3v) is 6.24. The number of methoxy groups -OCH3 is 1. The van der Waals surface area contributed by atoms with E-state index in [-0.39, 0.29) is 5.92 Å². The Bertz CT molecular complexity index is 1340. The smallest absolute Gasteiger partial charge is 0.230 e. The molecule has 4 aromatic rings. The van der Waals surface area contributed by atoms with Crippen LogP contribution in [0.25, 0.3) is 11.0 Å². The summed E-state index contributed by atoms with van der Waals surface area (Å²) in [6, 6.07) is 13.0. The van der Waals surface area contributed by atoms with Crippen LogP contribution < -0.4 is 16.2 Å². The molecule has 1 aromatic carbocycles. The van der Waals surface area contributed by atoms with E-state index in [0.29, 0.717) is 40.5 Å². The van der Waals surface area contributed by atoms with Gasteiger partial charge < -0.3 is 20.8 Å². The standard InChI is InChI=1S/C23H21ClN6O2/c1-32-14-4-2-13(3-5-14)10-30-11-19(27-12-30)23(22(26)31)9-15(23)17-6-7-18-21(29-17)16(25)8-20(24)28-18/h2-8,11-12,15H,9-10H2,1H3,(H2,25,28)(H2,26,31). The summed E-state index contributed by atoms with van der Waals surface area (Å²) in [4.78, 5) is 26.0. The van der Waals surface area contributed by atoms with Crippen LogP contribution in [0.15, 0.2) is 55.0 Å². The Labute approximate surface area is 189 Å².